The van der Waals surface area contributed by atoms with E-state index in [1.807, 2.05) is 0 Å². The molecule has 0 unspecified atom stereocenters. The number of amides is 1. The Labute approximate surface area is 119 Å². The lowest BCUT2D eigenvalue weighted by Crippen LogP contribution is -2.24. The van der Waals surface area contributed by atoms with Crippen LogP contribution in [0.4, 0.5) is 0 Å². The molecule has 0 aliphatic rings. The van der Waals surface area contributed by atoms with Gasteiger partial charge < -0.3 is 16.3 Å². The first-order chi connectivity index (χ1) is 8.54. The van der Waals surface area contributed by atoms with E-state index in [2.05, 4.69) is 10.5 Å². The minimum Gasteiger partial charge on any atom is -0.409 e. The second-order valence-electron chi connectivity index (χ2n) is 3.54. The molecule has 1 aromatic rings. The summed E-state index contributed by atoms with van der Waals surface area (Å²) in [6.45, 7) is 0.501. The molecule has 100 valence electrons. The number of rotatable bonds is 6. The zero-order valence-corrected chi connectivity index (χ0v) is 11.8. The van der Waals surface area contributed by atoms with Crippen molar-refractivity contribution in [3.63, 3.8) is 0 Å². The van der Waals surface area contributed by atoms with E-state index in [-0.39, 0.29) is 11.7 Å². The molecular weight excluding hydrogens is 297 g/mol. The summed E-state index contributed by atoms with van der Waals surface area (Å²) in [4.78, 5) is 11.7. The Bertz CT molecular complexity index is 448. The monoisotopic (exact) mass is 309 g/mol. The lowest BCUT2D eigenvalue weighted by Gasteiger charge is -2.03. The van der Waals surface area contributed by atoms with Gasteiger partial charge in [0, 0.05) is 13.0 Å². The van der Waals surface area contributed by atoms with E-state index in [1.54, 1.807) is 6.07 Å². The van der Waals surface area contributed by atoms with Crippen LogP contribution in [-0.4, -0.2) is 23.5 Å². The summed E-state index contributed by atoms with van der Waals surface area (Å²) in [6.07, 6.45) is 1.96. The Kier molecular flexibility index (Phi) is 6.24. The third-order valence-electron chi connectivity index (χ3n) is 2.18. The third-order valence-corrected chi connectivity index (χ3v) is 3.66. The van der Waals surface area contributed by atoms with E-state index in [0.717, 1.165) is 24.2 Å². The fraction of sp³-hybridized carbons (Fsp3) is 0.400. The van der Waals surface area contributed by atoms with Crippen LogP contribution in [0, 0.1) is 0 Å². The molecule has 0 spiro atoms. The lowest BCUT2D eigenvalue weighted by molar-refractivity contribution is 0.0953. The summed E-state index contributed by atoms with van der Waals surface area (Å²) >= 11 is 12.8. The second-order valence-corrected chi connectivity index (χ2v) is 5.83. The summed E-state index contributed by atoms with van der Waals surface area (Å²) in [5.74, 6) is -0.0547. The number of hydrogen-bond acceptors (Lipinski definition) is 4. The SMILES string of the molecule is N/C(CCCCNC(=O)c1cc(Cl)sc1Cl)=N/O. The van der Waals surface area contributed by atoms with Crippen molar-refractivity contribution >= 4 is 46.3 Å². The van der Waals surface area contributed by atoms with Gasteiger partial charge in [-0.2, -0.15) is 0 Å². The minimum absolute atomic E-state index is 0.189. The quantitative estimate of drug-likeness (QED) is 0.248. The number of oxime groups is 1. The molecule has 0 aliphatic carbocycles. The molecule has 4 N–H and O–H groups in total. The summed E-state index contributed by atoms with van der Waals surface area (Å²) in [5.41, 5.74) is 5.70. The topological polar surface area (TPSA) is 87.7 Å². The number of nitrogens with one attached hydrogen (secondary N) is 1. The van der Waals surface area contributed by atoms with Gasteiger partial charge in [0.1, 0.15) is 10.2 Å². The number of nitrogens with two attached hydrogens (primary N) is 1. The summed E-state index contributed by atoms with van der Waals surface area (Å²) < 4.78 is 0.867. The molecule has 0 saturated carbocycles. The maximum atomic E-state index is 11.7. The van der Waals surface area contributed by atoms with Gasteiger partial charge in [-0.05, 0) is 18.9 Å². The molecule has 0 aliphatic heterocycles. The highest BCUT2D eigenvalue weighted by molar-refractivity contribution is 7.20. The van der Waals surface area contributed by atoms with E-state index in [0.29, 0.717) is 27.2 Å². The van der Waals surface area contributed by atoms with Crippen LogP contribution in [0.25, 0.3) is 0 Å². The smallest absolute Gasteiger partial charge is 0.253 e. The number of thiophene rings is 1. The van der Waals surface area contributed by atoms with Crippen molar-refractivity contribution in [1.29, 1.82) is 0 Å². The standard InChI is InChI=1S/C10H13Cl2N3O2S/c11-7-5-6(9(12)18-7)10(16)14-4-2-1-3-8(13)15-17/h5,17H,1-4H2,(H2,13,15)(H,14,16). The van der Waals surface area contributed by atoms with Crippen LogP contribution in [0.5, 0.6) is 0 Å². The molecule has 18 heavy (non-hydrogen) atoms. The maximum absolute atomic E-state index is 11.7. The van der Waals surface area contributed by atoms with Crippen LogP contribution < -0.4 is 11.1 Å². The zero-order valence-electron chi connectivity index (χ0n) is 9.45. The summed E-state index contributed by atoms with van der Waals surface area (Å²) in [6, 6.07) is 1.54. The van der Waals surface area contributed by atoms with Crippen LogP contribution in [0.15, 0.2) is 11.2 Å². The van der Waals surface area contributed by atoms with E-state index >= 15 is 0 Å². The van der Waals surface area contributed by atoms with Gasteiger partial charge in [0.25, 0.3) is 5.91 Å². The van der Waals surface area contributed by atoms with Gasteiger partial charge in [-0.25, -0.2) is 0 Å². The molecule has 0 saturated heterocycles. The first-order valence-corrected chi connectivity index (χ1v) is 6.81. The van der Waals surface area contributed by atoms with E-state index in [9.17, 15) is 4.79 Å². The normalized spacial score (nSPS) is 11.6. The Morgan fingerprint density at radius 3 is 2.78 bits per heavy atom. The number of hydrogen-bond donors (Lipinski definition) is 3. The highest BCUT2D eigenvalue weighted by Gasteiger charge is 2.13. The average Bonchev–Trinajstić information content (AvgIpc) is 2.67. The summed E-state index contributed by atoms with van der Waals surface area (Å²) in [5, 5.41) is 13.9. The van der Waals surface area contributed by atoms with Crippen molar-refractivity contribution in [2.24, 2.45) is 10.9 Å². The highest BCUT2D eigenvalue weighted by Crippen LogP contribution is 2.30. The van der Waals surface area contributed by atoms with Gasteiger partial charge in [-0.15, -0.1) is 11.3 Å². The largest absolute Gasteiger partial charge is 0.409 e. The van der Waals surface area contributed by atoms with Crippen LogP contribution >= 0.6 is 34.5 Å². The molecule has 0 aromatic carbocycles. The number of carbonyl (C=O) groups is 1. The fourth-order valence-electron chi connectivity index (χ4n) is 1.27. The number of nitrogens with zero attached hydrogens (tertiary/aromatic N) is 1. The number of unbranched alkanes of at least 4 members (excludes halogenated alkanes) is 1. The molecule has 1 rings (SSSR count). The molecular formula is C10H13Cl2N3O2S. The van der Waals surface area contributed by atoms with Crippen molar-refractivity contribution in [1.82, 2.24) is 5.32 Å². The Morgan fingerprint density at radius 1 is 1.50 bits per heavy atom. The van der Waals surface area contributed by atoms with Crippen molar-refractivity contribution in [2.75, 3.05) is 6.54 Å². The number of halogens is 2. The van der Waals surface area contributed by atoms with Crippen LogP contribution in [0.2, 0.25) is 8.67 Å². The Hall–Kier alpha value is -0.980. The summed E-state index contributed by atoms with van der Waals surface area (Å²) in [7, 11) is 0. The maximum Gasteiger partial charge on any atom is 0.253 e. The molecule has 0 radical (unpaired) electrons. The fourth-order valence-corrected chi connectivity index (χ4v) is 2.73. The lowest BCUT2D eigenvalue weighted by atomic mass is 10.2. The predicted molar refractivity (Wildman–Crippen MR) is 73.9 cm³/mol. The van der Waals surface area contributed by atoms with Crippen molar-refractivity contribution in [3.05, 3.63) is 20.3 Å². The van der Waals surface area contributed by atoms with E-state index in [4.69, 9.17) is 34.1 Å². The number of carbonyl (C=O) groups excluding carboxylic acids is 1. The zero-order chi connectivity index (χ0) is 13.5. The first-order valence-electron chi connectivity index (χ1n) is 5.24. The van der Waals surface area contributed by atoms with E-state index in [1.165, 1.54) is 0 Å². The Balaban J connectivity index is 2.28. The molecule has 1 aromatic heterocycles. The van der Waals surface area contributed by atoms with Crippen LogP contribution in [0.1, 0.15) is 29.6 Å². The van der Waals surface area contributed by atoms with Crippen molar-refractivity contribution < 1.29 is 10.0 Å². The molecule has 8 heteroatoms. The van der Waals surface area contributed by atoms with Gasteiger partial charge in [0.2, 0.25) is 0 Å². The van der Waals surface area contributed by atoms with E-state index < -0.39 is 0 Å². The van der Waals surface area contributed by atoms with Crippen molar-refractivity contribution in [3.8, 4) is 0 Å². The van der Waals surface area contributed by atoms with Crippen molar-refractivity contribution in [2.45, 2.75) is 19.3 Å². The van der Waals surface area contributed by atoms with Gasteiger partial charge >= 0.3 is 0 Å². The van der Waals surface area contributed by atoms with Crippen LogP contribution in [0.3, 0.4) is 0 Å². The highest BCUT2D eigenvalue weighted by atomic mass is 35.5. The Morgan fingerprint density at radius 2 is 2.22 bits per heavy atom. The first kappa shape index (κ1) is 15.1. The molecule has 0 fully saturated rings. The minimum atomic E-state index is -0.244. The predicted octanol–water partition coefficient (Wildman–Crippen LogP) is 2.70. The van der Waals surface area contributed by atoms with Gasteiger partial charge in [-0.3, -0.25) is 4.79 Å². The second kappa shape index (κ2) is 7.45. The van der Waals surface area contributed by atoms with Crippen LogP contribution in [-0.2, 0) is 0 Å². The van der Waals surface area contributed by atoms with Gasteiger partial charge in [-0.1, -0.05) is 28.4 Å². The van der Waals surface area contributed by atoms with Gasteiger partial charge in [0.05, 0.1) is 9.90 Å². The number of amidine groups is 1. The molecule has 0 bridgehead atoms. The molecule has 1 heterocycles. The average molecular weight is 310 g/mol. The van der Waals surface area contributed by atoms with Gasteiger partial charge in [0.15, 0.2) is 0 Å². The third kappa shape index (κ3) is 4.72. The molecule has 0 atom stereocenters. The molecule has 5 nitrogen and oxygen atoms in total. The molecule has 1 amide bonds.